The van der Waals surface area contributed by atoms with Gasteiger partial charge < -0.3 is 5.32 Å². The summed E-state index contributed by atoms with van der Waals surface area (Å²) in [5.74, 6) is 0.818. The van der Waals surface area contributed by atoms with E-state index in [4.69, 9.17) is 5.26 Å². The van der Waals surface area contributed by atoms with Crippen molar-refractivity contribution in [3.63, 3.8) is 0 Å². The molecule has 0 amide bonds. The zero-order valence-electron chi connectivity index (χ0n) is 12.7. The molecule has 0 spiro atoms. The summed E-state index contributed by atoms with van der Waals surface area (Å²) in [5, 5.41) is 12.6. The Labute approximate surface area is 123 Å². The van der Waals surface area contributed by atoms with E-state index in [9.17, 15) is 0 Å². The van der Waals surface area contributed by atoms with Crippen LogP contribution in [0.5, 0.6) is 0 Å². The quantitative estimate of drug-likeness (QED) is 0.814. The Morgan fingerprint density at radius 3 is 2.20 bits per heavy atom. The van der Waals surface area contributed by atoms with Gasteiger partial charge in [-0.3, -0.25) is 0 Å². The number of benzene rings is 1. The molecule has 1 aliphatic carbocycles. The minimum absolute atomic E-state index is 0.348. The molecule has 2 atom stereocenters. The maximum Gasteiger partial charge on any atom is 0.0991 e. The van der Waals surface area contributed by atoms with E-state index in [-0.39, 0.29) is 0 Å². The average Bonchev–Trinajstić information content (AvgIpc) is 2.76. The summed E-state index contributed by atoms with van der Waals surface area (Å²) < 4.78 is 0. The molecule has 0 aromatic heterocycles. The molecule has 0 aliphatic heterocycles. The molecule has 0 radical (unpaired) electrons. The minimum atomic E-state index is 0.348. The third-order valence-electron chi connectivity index (χ3n) is 4.66. The molecule has 20 heavy (non-hydrogen) atoms. The van der Waals surface area contributed by atoms with Gasteiger partial charge in [0, 0.05) is 12.1 Å². The van der Waals surface area contributed by atoms with Crippen molar-refractivity contribution in [1.82, 2.24) is 5.32 Å². The fourth-order valence-electron chi connectivity index (χ4n) is 3.28. The second-order valence-electron chi connectivity index (χ2n) is 6.16. The molecular weight excluding hydrogens is 244 g/mol. The van der Waals surface area contributed by atoms with Gasteiger partial charge in [0.2, 0.25) is 0 Å². The summed E-state index contributed by atoms with van der Waals surface area (Å²) >= 11 is 0. The number of nitrogens with zero attached hydrogens (tertiary/aromatic N) is 1. The van der Waals surface area contributed by atoms with E-state index in [1.54, 1.807) is 0 Å². The average molecular weight is 270 g/mol. The molecule has 2 rings (SSSR count). The van der Waals surface area contributed by atoms with Crippen LogP contribution in [-0.2, 0) is 0 Å². The Morgan fingerprint density at radius 2 is 1.65 bits per heavy atom. The van der Waals surface area contributed by atoms with Crippen LogP contribution in [0, 0.1) is 17.2 Å². The number of nitriles is 1. The molecule has 0 heterocycles. The number of hydrogen-bond donors (Lipinski definition) is 1. The standard InChI is InChI=1S/C18H26N2/c1-14(17-7-5-3-4-6-8-17)20-15(2)18-11-9-16(13-19)10-12-18/h9-12,14-15,17,20H,3-8H2,1-2H3/t14-,15?/m0/s1. The number of nitrogens with one attached hydrogen (secondary N) is 1. The zero-order chi connectivity index (χ0) is 14.4. The predicted octanol–water partition coefficient (Wildman–Crippen LogP) is 4.57. The molecule has 1 saturated carbocycles. The van der Waals surface area contributed by atoms with Crippen LogP contribution < -0.4 is 5.32 Å². The Morgan fingerprint density at radius 1 is 1.05 bits per heavy atom. The molecule has 1 unspecified atom stereocenters. The Kier molecular flexibility index (Phi) is 5.61. The van der Waals surface area contributed by atoms with Gasteiger partial charge in [0.15, 0.2) is 0 Å². The topological polar surface area (TPSA) is 35.8 Å². The first-order valence-corrected chi connectivity index (χ1v) is 7.97. The maximum atomic E-state index is 8.84. The highest BCUT2D eigenvalue weighted by atomic mass is 14.9. The second-order valence-corrected chi connectivity index (χ2v) is 6.16. The van der Waals surface area contributed by atoms with Crippen LogP contribution in [0.25, 0.3) is 0 Å². The Balaban J connectivity index is 1.92. The molecule has 1 N–H and O–H groups in total. The van der Waals surface area contributed by atoms with Crippen molar-refractivity contribution in [3.8, 4) is 6.07 Å². The largest absolute Gasteiger partial charge is 0.307 e. The van der Waals surface area contributed by atoms with Crippen molar-refractivity contribution in [2.75, 3.05) is 0 Å². The first-order chi connectivity index (χ1) is 9.70. The summed E-state index contributed by atoms with van der Waals surface area (Å²) in [5.41, 5.74) is 2.00. The van der Waals surface area contributed by atoms with Gasteiger partial charge in [0.1, 0.15) is 0 Å². The lowest BCUT2D eigenvalue weighted by atomic mass is 9.92. The predicted molar refractivity (Wildman–Crippen MR) is 83.4 cm³/mol. The molecule has 0 saturated heterocycles. The lowest BCUT2D eigenvalue weighted by molar-refractivity contribution is 0.316. The van der Waals surface area contributed by atoms with Gasteiger partial charge in [-0.2, -0.15) is 5.26 Å². The third-order valence-corrected chi connectivity index (χ3v) is 4.66. The van der Waals surface area contributed by atoms with E-state index in [1.165, 1.54) is 44.1 Å². The first kappa shape index (κ1) is 15.1. The van der Waals surface area contributed by atoms with Crippen LogP contribution >= 0.6 is 0 Å². The van der Waals surface area contributed by atoms with Crippen molar-refractivity contribution in [2.24, 2.45) is 5.92 Å². The summed E-state index contributed by atoms with van der Waals surface area (Å²) in [4.78, 5) is 0. The van der Waals surface area contributed by atoms with Crippen LogP contribution in [0.3, 0.4) is 0 Å². The van der Waals surface area contributed by atoms with Crippen molar-refractivity contribution in [3.05, 3.63) is 35.4 Å². The summed E-state index contributed by atoms with van der Waals surface area (Å²) in [6, 6.07) is 11.0. The van der Waals surface area contributed by atoms with Gasteiger partial charge in [-0.25, -0.2) is 0 Å². The molecule has 1 aromatic rings. The molecule has 2 nitrogen and oxygen atoms in total. The summed E-state index contributed by atoms with van der Waals surface area (Å²) in [7, 11) is 0. The third kappa shape index (κ3) is 4.08. The van der Waals surface area contributed by atoms with Gasteiger partial charge in [-0.05, 0) is 50.3 Å². The number of hydrogen-bond acceptors (Lipinski definition) is 2. The summed E-state index contributed by atoms with van der Waals surface area (Å²) in [6.07, 6.45) is 8.34. The number of rotatable bonds is 4. The Bertz CT molecular complexity index is 435. The van der Waals surface area contributed by atoms with Gasteiger partial charge in [0.25, 0.3) is 0 Å². The molecule has 1 aliphatic rings. The van der Waals surface area contributed by atoms with Crippen molar-refractivity contribution in [2.45, 2.75) is 64.5 Å². The van der Waals surface area contributed by atoms with E-state index < -0.39 is 0 Å². The highest BCUT2D eigenvalue weighted by Gasteiger charge is 2.20. The first-order valence-electron chi connectivity index (χ1n) is 7.97. The smallest absolute Gasteiger partial charge is 0.0991 e. The molecule has 1 fully saturated rings. The van der Waals surface area contributed by atoms with E-state index in [1.807, 2.05) is 12.1 Å². The molecule has 0 bridgehead atoms. The SMILES string of the molecule is CC(N[C@@H](C)C1CCCCCC1)c1ccc(C#N)cc1. The van der Waals surface area contributed by atoms with Gasteiger partial charge in [0.05, 0.1) is 11.6 Å². The monoisotopic (exact) mass is 270 g/mol. The second kappa shape index (κ2) is 7.45. The van der Waals surface area contributed by atoms with Crippen LogP contribution in [0.2, 0.25) is 0 Å². The van der Waals surface area contributed by atoms with Crippen LogP contribution in [0.15, 0.2) is 24.3 Å². The highest BCUT2D eigenvalue weighted by molar-refractivity contribution is 5.32. The minimum Gasteiger partial charge on any atom is -0.307 e. The molecule has 2 heteroatoms. The molecule has 108 valence electrons. The van der Waals surface area contributed by atoms with Crippen molar-refractivity contribution in [1.29, 1.82) is 5.26 Å². The van der Waals surface area contributed by atoms with Crippen molar-refractivity contribution >= 4 is 0 Å². The van der Waals surface area contributed by atoms with E-state index in [0.717, 1.165) is 11.5 Å². The van der Waals surface area contributed by atoms with Crippen LogP contribution in [0.4, 0.5) is 0 Å². The fourth-order valence-corrected chi connectivity index (χ4v) is 3.28. The van der Waals surface area contributed by atoms with Gasteiger partial charge in [-0.15, -0.1) is 0 Å². The van der Waals surface area contributed by atoms with E-state index >= 15 is 0 Å². The van der Waals surface area contributed by atoms with Gasteiger partial charge in [-0.1, -0.05) is 37.8 Å². The molecule has 1 aromatic carbocycles. The fraction of sp³-hybridized carbons (Fsp3) is 0.611. The highest BCUT2D eigenvalue weighted by Crippen LogP contribution is 2.27. The lowest BCUT2D eigenvalue weighted by Gasteiger charge is -2.27. The summed E-state index contributed by atoms with van der Waals surface area (Å²) in [6.45, 7) is 4.55. The molecular formula is C18H26N2. The van der Waals surface area contributed by atoms with E-state index in [0.29, 0.717) is 12.1 Å². The van der Waals surface area contributed by atoms with Crippen LogP contribution in [-0.4, -0.2) is 6.04 Å². The zero-order valence-corrected chi connectivity index (χ0v) is 12.7. The van der Waals surface area contributed by atoms with Crippen molar-refractivity contribution < 1.29 is 0 Å². The van der Waals surface area contributed by atoms with Crippen LogP contribution in [0.1, 0.15) is 69.5 Å². The normalized spacial score (nSPS) is 19.9. The lowest BCUT2D eigenvalue weighted by Crippen LogP contribution is -2.35. The van der Waals surface area contributed by atoms with E-state index in [2.05, 4.69) is 37.4 Å². The maximum absolute atomic E-state index is 8.84. The Hall–Kier alpha value is -1.33. The van der Waals surface area contributed by atoms with Gasteiger partial charge >= 0.3 is 0 Å².